The second kappa shape index (κ2) is 4.51. The highest BCUT2D eigenvalue weighted by Crippen LogP contribution is 2.08. The Morgan fingerprint density at radius 1 is 1.57 bits per heavy atom. The highest BCUT2D eigenvalue weighted by molar-refractivity contribution is 8.01. The highest BCUT2D eigenvalue weighted by Gasteiger charge is 1.89. The van der Waals surface area contributed by atoms with Gasteiger partial charge in [0.2, 0.25) is 0 Å². The number of hydrogen-bond donors (Lipinski definition) is 0. The number of thioether (sulfide) groups is 1. The number of rotatable bonds is 3. The molecule has 0 rings (SSSR count). The molecule has 0 spiro atoms. The molecule has 0 amide bonds. The van der Waals surface area contributed by atoms with E-state index in [9.17, 15) is 0 Å². The van der Waals surface area contributed by atoms with Crippen LogP contribution in [0.1, 0.15) is 20.8 Å². The summed E-state index contributed by atoms with van der Waals surface area (Å²) in [7, 11) is 0. The van der Waals surface area contributed by atoms with Crippen molar-refractivity contribution in [2.75, 3.05) is 5.75 Å². The first kappa shape index (κ1) is 7.35. The zero-order chi connectivity index (χ0) is 5.70. The van der Waals surface area contributed by atoms with Gasteiger partial charge in [0.05, 0.1) is 0 Å². The lowest BCUT2D eigenvalue weighted by Gasteiger charge is -1.98. The van der Waals surface area contributed by atoms with Crippen LogP contribution in [-0.4, -0.2) is 5.75 Å². The first-order chi connectivity index (χ1) is 3.27. The van der Waals surface area contributed by atoms with E-state index in [2.05, 4.69) is 26.5 Å². The third-order valence-electron chi connectivity index (χ3n) is 0.596. The van der Waals surface area contributed by atoms with Crippen molar-refractivity contribution in [3.8, 4) is 0 Å². The summed E-state index contributed by atoms with van der Waals surface area (Å²) >= 11 is 1.89. The van der Waals surface area contributed by atoms with Gasteiger partial charge in [0.1, 0.15) is 0 Å². The summed E-state index contributed by atoms with van der Waals surface area (Å²) in [5, 5.41) is 0. The van der Waals surface area contributed by atoms with Gasteiger partial charge in [-0.25, -0.2) is 0 Å². The largest absolute Gasteiger partial charge is 0.157 e. The Labute approximate surface area is 50.7 Å². The average molecular weight is 117 g/mol. The van der Waals surface area contributed by atoms with Gasteiger partial charge in [-0.15, -0.1) is 0 Å². The molecule has 0 bridgehead atoms. The average Bonchev–Trinajstić information content (AvgIpc) is 1.61. The van der Waals surface area contributed by atoms with E-state index in [0.717, 1.165) is 5.92 Å². The second-order valence-electron chi connectivity index (χ2n) is 1.96. The highest BCUT2D eigenvalue weighted by atomic mass is 32.2. The molecule has 0 fully saturated rings. The Morgan fingerprint density at radius 2 is 2.14 bits per heavy atom. The van der Waals surface area contributed by atoms with Gasteiger partial charge >= 0.3 is 0 Å². The van der Waals surface area contributed by atoms with E-state index >= 15 is 0 Å². The second-order valence-corrected chi connectivity index (χ2v) is 3.10. The molecule has 0 heterocycles. The van der Waals surface area contributed by atoms with Crippen LogP contribution in [0, 0.1) is 11.7 Å². The van der Waals surface area contributed by atoms with Crippen LogP contribution in [0.4, 0.5) is 0 Å². The molecule has 1 heteroatoms. The van der Waals surface area contributed by atoms with Crippen molar-refractivity contribution in [2.24, 2.45) is 5.92 Å². The summed E-state index contributed by atoms with van der Waals surface area (Å²) in [6, 6.07) is 0. The number of hydrogen-bond acceptors (Lipinski definition) is 1. The molecule has 0 N–H and O–H groups in total. The van der Waals surface area contributed by atoms with Crippen molar-refractivity contribution < 1.29 is 0 Å². The van der Waals surface area contributed by atoms with Crippen molar-refractivity contribution in [2.45, 2.75) is 20.8 Å². The van der Waals surface area contributed by atoms with Gasteiger partial charge in [-0.2, -0.15) is 11.8 Å². The van der Waals surface area contributed by atoms with Crippen LogP contribution in [0.3, 0.4) is 0 Å². The lowest BCUT2D eigenvalue weighted by Crippen LogP contribution is -1.87. The first-order valence-electron chi connectivity index (χ1n) is 2.66. The molecule has 0 aromatic carbocycles. The van der Waals surface area contributed by atoms with Crippen molar-refractivity contribution >= 4 is 11.8 Å². The zero-order valence-corrected chi connectivity index (χ0v) is 6.09. The summed E-state index contributed by atoms with van der Waals surface area (Å²) in [6.07, 6.45) is 0. The lowest BCUT2D eigenvalue weighted by molar-refractivity contribution is 0.751. The van der Waals surface area contributed by atoms with E-state index < -0.39 is 0 Å². The minimum Gasteiger partial charge on any atom is -0.157 e. The van der Waals surface area contributed by atoms with Crippen LogP contribution in [0.25, 0.3) is 0 Å². The normalized spacial score (nSPS) is 10.3. The smallest absolute Gasteiger partial charge is 0.0135 e. The van der Waals surface area contributed by atoms with E-state index in [4.69, 9.17) is 0 Å². The van der Waals surface area contributed by atoms with Gasteiger partial charge in [-0.1, -0.05) is 20.8 Å². The van der Waals surface area contributed by atoms with Crippen LogP contribution in [0.2, 0.25) is 0 Å². The molecule has 0 atom stereocenters. The maximum Gasteiger partial charge on any atom is 0.0135 e. The molecule has 43 valence electrons. The molecule has 0 saturated heterocycles. The molecule has 7 heavy (non-hydrogen) atoms. The summed E-state index contributed by atoms with van der Waals surface area (Å²) in [4.78, 5) is 0. The molecule has 0 aliphatic rings. The molecule has 1 radical (unpaired) electrons. The predicted octanol–water partition coefficient (Wildman–Crippen LogP) is 2.56. The van der Waals surface area contributed by atoms with Crippen LogP contribution in [0.15, 0.2) is 0 Å². The van der Waals surface area contributed by atoms with E-state index in [1.54, 1.807) is 0 Å². The minimum atomic E-state index is 0.834. The minimum absolute atomic E-state index is 0.834. The molecule has 0 aliphatic heterocycles. The lowest BCUT2D eigenvalue weighted by atomic mass is 10.3. The zero-order valence-electron chi connectivity index (χ0n) is 5.27. The molecule has 0 aromatic heterocycles. The van der Waals surface area contributed by atoms with Gasteiger partial charge in [0.25, 0.3) is 0 Å². The maximum absolute atomic E-state index is 2.23. The first-order valence-corrected chi connectivity index (χ1v) is 3.71. The topological polar surface area (TPSA) is 0 Å². The molecular weight excluding hydrogens is 104 g/mol. The molecule has 0 saturated carbocycles. The van der Waals surface area contributed by atoms with E-state index in [0.29, 0.717) is 0 Å². The Hall–Kier alpha value is 0.350. The standard InChI is InChI=1S/C6H13S/c1-4-7-5-6(2)3/h4,6H,5H2,1-3H3. The Bertz CT molecular complexity index is 33.2. The molecule has 0 unspecified atom stereocenters. The quantitative estimate of drug-likeness (QED) is 0.547. The Balaban J connectivity index is 2.68. The Morgan fingerprint density at radius 3 is 2.29 bits per heavy atom. The van der Waals surface area contributed by atoms with Gasteiger partial charge in [-0.3, -0.25) is 0 Å². The van der Waals surface area contributed by atoms with Crippen LogP contribution in [-0.2, 0) is 0 Å². The molecule has 0 nitrogen and oxygen atoms in total. The monoisotopic (exact) mass is 117 g/mol. The summed E-state index contributed by atoms with van der Waals surface area (Å²) < 4.78 is 0. The fraction of sp³-hybridized carbons (Fsp3) is 0.833. The fourth-order valence-corrected chi connectivity index (χ4v) is 0.866. The van der Waals surface area contributed by atoms with E-state index in [-0.39, 0.29) is 0 Å². The van der Waals surface area contributed by atoms with Crippen molar-refractivity contribution in [1.29, 1.82) is 0 Å². The predicted molar refractivity (Wildman–Crippen MR) is 37.3 cm³/mol. The van der Waals surface area contributed by atoms with Crippen molar-refractivity contribution in [3.63, 3.8) is 0 Å². The van der Waals surface area contributed by atoms with E-state index in [1.165, 1.54) is 5.75 Å². The third-order valence-corrected chi connectivity index (χ3v) is 1.79. The van der Waals surface area contributed by atoms with Crippen molar-refractivity contribution in [3.05, 3.63) is 5.75 Å². The van der Waals surface area contributed by atoms with Crippen molar-refractivity contribution in [1.82, 2.24) is 0 Å². The van der Waals surface area contributed by atoms with Gasteiger partial charge in [0.15, 0.2) is 0 Å². The molecule has 0 aliphatic carbocycles. The van der Waals surface area contributed by atoms with Gasteiger partial charge in [0, 0.05) is 5.75 Å². The van der Waals surface area contributed by atoms with Gasteiger partial charge < -0.3 is 0 Å². The maximum atomic E-state index is 2.23. The van der Waals surface area contributed by atoms with Gasteiger partial charge in [-0.05, 0) is 11.7 Å². The van der Waals surface area contributed by atoms with Crippen LogP contribution < -0.4 is 0 Å². The Kier molecular flexibility index (Phi) is 4.73. The summed E-state index contributed by atoms with van der Waals surface area (Å²) in [5.74, 6) is 4.23. The van der Waals surface area contributed by atoms with Crippen LogP contribution >= 0.6 is 11.8 Å². The SMILES string of the molecule is C[CH]SCC(C)C. The fourth-order valence-electron chi connectivity index (χ4n) is 0.289. The summed E-state index contributed by atoms with van der Waals surface area (Å²) in [6.45, 7) is 6.54. The molecule has 0 aromatic rings. The third kappa shape index (κ3) is 6.35. The van der Waals surface area contributed by atoms with Crippen LogP contribution in [0.5, 0.6) is 0 Å². The van der Waals surface area contributed by atoms with E-state index in [1.807, 2.05) is 11.8 Å². The molecular formula is C6H13S. The summed E-state index contributed by atoms with van der Waals surface area (Å²) in [5.41, 5.74) is 0.